The van der Waals surface area contributed by atoms with Crippen molar-refractivity contribution in [2.24, 2.45) is 0 Å². The number of nitrogens with one attached hydrogen (secondary N) is 1. The number of hydrogen-bond acceptors (Lipinski definition) is 6. The van der Waals surface area contributed by atoms with Gasteiger partial charge in [0.2, 0.25) is 11.2 Å². The number of anilines is 3. The quantitative estimate of drug-likeness (QED) is 0.914. The van der Waals surface area contributed by atoms with Gasteiger partial charge in [-0.1, -0.05) is 0 Å². The number of aromatic nitrogens is 3. The van der Waals surface area contributed by atoms with Gasteiger partial charge in [0.15, 0.2) is 0 Å². The highest BCUT2D eigenvalue weighted by atomic mass is 35.5. The van der Waals surface area contributed by atoms with Crippen molar-refractivity contribution in [2.75, 3.05) is 30.9 Å². The fraction of sp³-hybridized carbons (Fsp3) is 0.308. The van der Waals surface area contributed by atoms with Gasteiger partial charge in [-0.05, 0) is 42.8 Å². The highest BCUT2D eigenvalue weighted by Gasteiger charge is 2.06. The zero-order valence-electron chi connectivity index (χ0n) is 11.6. The molecule has 0 bridgehead atoms. The maximum atomic E-state index is 5.83. The lowest BCUT2D eigenvalue weighted by atomic mass is 10.2. The summed E-state index contributed by atoms with van der Waals surface area (Å²) in [6.07, 6.45) is 0. The molecule has 7 heteroatoms. The summed E-state index contributed by atoms with van der Waals surface area (Å²) in [5.74, 6) is 0.353. The van der Waals surface area contributed by atoms with Gasteiger partial charge in [-0.3, -0.25) is 0 Å². The van der Waals surface area contributed by atoms with Crippen LogP contribution in [0.1, 0.15) is 6.92 Å². The molecular weight excluding hydrogens is 278 g/mol. The van der Waals surface area contributed by atoms with E-state index in [4.69, 9.17) is 16.3 Å². The maximum Gasteiger partial charge on any atom is 0.322 e. The second-order valence-electron chi connectivity index (χ2n) is 4.21. The summed E-state index contributed by atoms with van der Waals surface area (Å²) in [4.78, 5) is 14.0. The van der Waals surface area contributed by atoms with Gasteiger partial charge in [-0.25, -0.2) is 0 Å². The molecule has 2 aromatic rings. The van der Waals surface area contributed by atoms with Gasteiger partial charge in [0.25, 0.3) is 0 Å². The molecule has 2 rings (SSSR count). The van der Waals surface area contributed by atoms with Crippen LogP contribution in [-0.4, -0.2) is 35.7 Å². The fourth-order valence-corrected chi connectivity index (χ4v) is 1.71. The van der Waals surface area contributed by atoms with E-state index in [-0.39, 0.29) is 11.3 Å². The molecule has 0 fully saturated rings. The average Bonchev–Trinajstić information content (AvgIpc) is 2.39. The smallest absolute Gasteiger partial charge is 0.322 e. The van der Waals surface area contributed by atoms with Crippen molar-refractivity contribution in [3.8, 4) is 6.01 Å². The third kappa shape index (κ3) is 3.71. The SMILES string of the molecule is CCOc1nc(Cl)nc(Nc2ccc(N(C)C)cc2)n1. The van der Waals surface area contributed by atoms with Crippen LogP contribution in [-0.2, 0) is 0 Å². The van der Waals surface area contributed by atoms with Crippen molar-refractivity contribution in [3.63, 3.8) is 0 Å². The topological polar surface area (TPSA) is 63.2 Å². The Morgan fingerprint density at radius 1 is 1.15 bits per heavy atom. The van der Waals surface area contributed by atoms with Crippen molar-refractivity contribution >= 4 is 28.9 Å². The number of nitrogens with zero attached hydrogens (tertiary/aromatic N) is 4. The molecule has 0 unspecified atom stereocenters. The molecule has 20 heavy (non-hydrogen) atoms. The first-order chi connectivity index (χ1) is 9.58. The van der Waals surface area contributed by atoms with Crippen LogP contribution in [0.4, 0.5) is 17.3 Å². The van der Waals surface area contributed by atoms with Gasteiger partial charge in [0.05, 0.1) is 6.61 Å². The van der Waals surface area contributed by atoms with E-state index in [0.29, 0.717) is 12.6 Å². The van der Waals surface area contributed by atoms with Crippen LogP contribution < -0.4 is 15.0 Å². The summed E-state index contributed by atoms with van der Waals surface area (Å²) < 4.78 is 5.22. The average molecular weight is 294 g/mol. The predicted octanol–water partition coefficient (Wildman–Crippen LogP) is 2.73. The monoisotopic (exact) mass is 293 g/mol. The molecule has 1 N–H and O–H groups in total. The van der Waals surface area contributed by atoms with Gasteiger partial charge < -0.3 is 15.0 Å². The van der Waals surface area contributed by atoms with Crippen LogP contribution in [0.2, 0.25) is 5.28 Å². The zero-order chi connectivity index (χ0) is 14.5. The highest BCUT2D eigenvalue weighted by molar-refractivity contribution is 6.28. The van der Waals surface area contributed by atoms with E-state index in [2.05, 4.69) is 20.3 Å². The van der Waals surface area contributed by atoms with E-state index < -0.39 is 0 Å². The lowest BCUT2D eigenvalue weighted by Gasteiger charge is -2.13. The van der Waals surface area contributed by atoms with E-state index >= 15 is 0 Å². The number of benzene rings is 1. The van der Waals surface area contributed by atoms with E-state index in [1.807, 2.05) is 50.2 Å². The Bertz CT molecular complexity index is 573. The van der Waals surface area contributed by atoms with E-state index in [0.717, 1.165) is 11.4 Å². The Hall–Kier alpha value is -2.08. The number of hydrogen-bond donors (Lipinski definition) is 1. The molecule has 106 valence electrons. The van der Waals surface area contributed by atoms with Gasteiger partial charge in [0.1, 0.15) is 0 Å². The van der Waals surface area contributed by atoms with Crippen molar-refractivity contribution in [2.45, 2.75) is 6.92 Å². The predicted molar refractivity (Wildman–Crippen MR) is 80.1 cm³/mol. The number of ether oxygens (including phenoxy) is 1. The van der Waals surface area contributed by atoms with Crippen LogP contribution in [0.25, 0.3) is 0 Å². The highest BCUT2D eigenvalue weighted by Crippen LogP contribution is 2.19. The van der Waals surface area contributed by atoms with Crippen molar-refractivity contribution in [1.29, 1.82) is 0 Å². The molecule has 1 aromatic heterocycles. The molecule has 0 saturated carbocycles. The Labute approximate surface area is 122 Å². The largest absolute Gasteiger partial charge is 0.464 e. The van der Waals surface area contributed by atoms with Gasteiger partial charge >= 0.3 is 6.01 Å². The molecule has 0 aliphatic carbocycles. The molecule has 1 aromatic carbocycles. The number of halogens is 1. The minimum absolute atomic E-state index is 0.0934. The Balaban J connectivity index is 2.16. The van der Waals surface area contributed by atoms with E-state index in [1.165, 1.54) is 0 Å². The lowest BCUT2D eigenvalue weighted by Crippen LogP contribution is -2.08. The van der Waals surface area contributed by atoms with Gasteiger partial charge in [-0.2, -0.15) is 15.0 Å². The van der Waals surface area contributed by atoms with Crippen LogP contribution >= 0.6 is 11.6 Å². The summed E-state index contributed by atoms with van der Waals surface area (Å²) >= 11 is 5.83. The van der Waals surface area contributed by atoms with Crippen LogP contribution in [0, 0.1) is 0 Å². The second-order valence-corrected chi connectivity index (χ2v) is 4.55. The standard InChI is InChI=1S/C13H16ClN5O/c1-4-20-13-17-11(14)16-12(18-13)15-9-5-7-10(8-6-9)19(2)3/h5-8H,4H2,1-3H3,(H,15,16,17,18). The third-order valence-electron chi connectivity index (χ3n) is 2.50. The van der Waals surface area contributed by atoms with Crippen molar-refractivity contribution in [1.82, 2.24) is 15.0 Å². The van der Waals surface area contributed by atoms with E-state index in [9.17, 15) is 0 Å². The molecule has 0 radical (unpaired) electrons. The van der Waals surface area contributed by atoms with Crippen LogP contribution in [0.5, 0.6) is 6.01 Å². The number of rotatable bonds is 5. The Kier molecular flexibility index (Phi) is 4.57. The summed E-state index contributed by atoms with van der Waals surface area (Å²) in [5, 5.41) is 3.16. The first-order valence-electron chi connectivity index (χ1n) is 6.17. The van der Waals surface area contributed by atoms with Gasteiger partial charge in [-0.15, -0.1) is 0 Å². The van der Waals surface area contributed by atoms with Crippen molar-refractivity contribution < 1.29 is 4.74 Å². The Morgan fingerprint density at radius 2 is 1.85 bits per heavy atom. The summed E-state index contributed by atoms with van der Waals surface area (Å²) in [7, 11) is 3.98. The molecule has 6 nitrogen and oxygen atoms in total. The lowest BCUT2D eigenvalue weighted by molar-refractivity contribution is 0.312. The molecular formula is C13H16ClN5O. The van der Waals surface area contributed by atoms with Crippen LogP contribution in [0.15, 0.2) is 24.3 Å². The van der Waals surface area contributed by atoms with E-state index in [1.54, 1.807) is 0 Å². The molecule has 0 saturated heterocycles. The first-order valence-corrected chi connectivity index (χ1v) is 6.55. The maximum absolute atomic E-state index is 5.83. The van der Waals surface area contributed by atoms with Crippen molar-refractivity contribution in [3.05, 3.63) is 29.5 Å². The molecule has 0 spiro atoms. The van der Waals surface area contributed by atoms with Gasteiger partial charge in [0, 0.05) is 25.5 Å². The Morgan fingerprint density at radius 3 is 2.45 bits per heavy atom. The summed E-state index contributed by atoms with van der Waals surface area (Å²) in [6, 6.07) is 8.07. The molecule has 0 amide bonds. The summed E-state index contributed by atoms with van der Waals surface area (Å²) in [5.41, 5.74) is 1.97. The minimum Gasteiger partial charge on any atom is -0.464 e. The molecule has 0 aliphatic heterocycles. The first kappa shape index (κ1) is 14.3. The normalized spacial score (nSPS) is 10.2. The molecule has 0 aliphatic rings. The minimum atomic E-state index is 0.0934. The van der Waals surface area contributed by atoms with Crippen LogP contribution in [0.3, 0.4) is 0 Å². The second kappa shape index (κ2) is 6.38. The molecule has 1 heterocycles. The third-order valence-corrected chi connectivity index (χ3v) is 2.67. The summed E-state index contributed by atoms with van der Waals surface area (Å²) in [6.45, 7) is 2.32. The molecule has 0 atom stereocenters. The zero-order valence-corrected chi connectivity index (χ0v) is 12.3. The fourth-order valence-electron chi connectivity index (χ4n) is 1.55.